The zero-order chi connectivity index (χ0) is 14.9. The quantitative estimate of drug-likeness (QED) is 0.858. The van der Waals surface area contributed by atoms with Gasteiger partial charge in [-0.15, -0.1) is 11.3 Å². The van der Waals surface area contributed by atoms with E-state index in [4.69, 9.17) is 0 Å². The molecular weight excluding hydrogens is 312 g/mol. The lowest BCUT2D eigenvalue weighted by Gasteiger charge is -2.30. The molecule has 1 fully saturated rings. The van der Waals surface area contributed by atoms with Crippen molar-refractivity contribution in [3.05, 3.63) is 44.3 Å². The first-order chi connectivity index (χ1) is 10.8. The molecule has 116 valence electrons. The molecule has 1 amide bonds. The summed E-state index contributed by atoms with van der Waals surface area (Å²) in [6, 6.07) is 4.68. The average molecular weight is 332 g/mol. The standard InChI is InChI=1S/C17H20N2OS2/c20-17(11-18-7-3-16-13(10-18)5-9-22-16)19-6-1-2-15(19)14-4-8-21-12-14/h4-5,8-9,12,15H,1-3,6-7,10-11H2/t15-/m1/s1. The average Bonchev–Trinajstić information content (AvgIpc) is 3.26. The summed E-state index contributed by atoms with van der Waals surface area (Å²) in [5, 5.41) is 6.47. The number of carbonyl (C=O) groups is 1. The first-order valence-electron chi connectivity index (χ1n) is 7.90. The van der Waals surface area contributed by atoms with E-state index in [2.05, 4.69) is 38.1 Å². The third kappa shape index (κ3) is 2.73. The van der Waals surface area contributed by atoms with Gasteiger partial charge in [-0.05, 0) is 58.7 Å². The molecule has 2 aromatic rings. The Labute approximate surface area is 139 Å². The Morgan fingerprint density at radius 2 is 2.23 bits per heavy atom. The first kappa shape index (κ1) is 14.4. The summed E-state index contributed by atoms with van der Waals surface area (Å²) in [4.78, 5) is 18.7. The van der Waals surface area contributed by atoms with Crippen LogP contribution in [0, 0.1) is 0 Å². The van der Waals surface area contributed by atoms with E-state index < -0.39 is 0 Å². The third-order valence-electron chi connectivity index (χ3n) is 4.75. The molecule has 2 aliphatic rings. The van der Waals surface area contributed by atoms with Crippen LogP contribution in [0.3, 0.4) is 0 Å². The fourth-order valence-corrected chi connectivity index (χ4v) is 5.20. The maximum atomic E-state index is 12.8. The minimum atomic E-state index is 0.298. The normalized spacial score (nSPS) is 22.0. The topological polar surface area (TPSA) is 23.6 Å². The van der Waals surface area contributed by atoms with Crippen LogP contribution in [0.25, 0.3) is 0 Å². The Hall–Kier alpha value is -1.17. The number of carbonyl (C=O) groups excluding carboxylic acids is 1. The first-order valence-corrected chi connectivity index (χ1v) is 9.72. The number of amides is 1. The van der Waals surface area contributed by atoms with Crippen molar-refractivity contribution in [2.75, 3.05) is 19.6 Å². The second-order valence-corrected chi connectivity index (χ2v) is 7.91. The molecule has 22 heavy (non-hydrogen) atoms. The second kappa shape index (κ2) is 6.14. The van der Waals surface area contributed by atoms with Crippen molar-refractivity contribution in [1.82, 2.24) is 9.80 Å². The number of hydrogen-bond donors (Lipinski definition) is 0. The van der Waals surface area contributed by atoms with E-state index in [9.17, 15) is 4.79 Å². The van der Waals surface area contributed by atoms with E-state index in [0.29, 0.717) is 18.5 Å². The molecule has 4 rings (SSSR count). The van der Waals surface area contributed by atoms with Crippen LogP contribution >= 0.6 is 22.7 Å². The molecule has 3 nitrogen and oxygen atoms in total. The van der Waals surface area contributed by atoms with Gasteiger partial charge in [-0.3, -0.25) is 9.69 Å². The van der Waals surface area contributed by atoms with Crippen molar-refractivity contribution < 1.29 is 4.79 Å². The fourth-order valence-electron chi connectivity index (χ4n) is 3.60. The summed E-state index contributed by atoms with van der Waals surface area (Å²) < 4.78 is 0. The van der Waals surface area contributed by atoms with Gasteiger partial charge in [0.25, 0.3) is 0 Å². The van der Waals surface area contributed by atoms with Crippen LogP contribution in [0.5, 0.6) is 0 Å². The molecule has 0 N–H and O–H groups in total. The van der Waals surface area contributed by atoms with Gasteiger partial charge in [0, 0.05) is 24.5 Å². The van der Waals surface area contributed by atoms with Crippen LogP contribution in [0.2, 0.25) is 0 Å². The summed E-state index contributed by atoms with van der Waals surface area (Å²) in [7, 11) is 0. The van der Waals surface area contributed by atoms with Gasteiger partial charge in [0.1, 0.15) is 0 Å². The summed E-state index contributed by atoms with van der Waals surface area (Å²) in [5.41, 5.74) is 2.73. The molecule has 2 aromatic heterocycles. The molecule has 5 heteroatoms. The summed E-state index contributed by atoms with van der Waals surface area (Å²) in [6.07, 6.45) is 3.33. The summed E-state index contributed by atoms with van der Waals surface area (Å²) in [5.74, 6) is 0.298. The van der Waals surface area contributed by atoms with E-state index in [1.807, 2.05) is 11.3 Å². The predicted octanol–water partition coefficient (Wildman–Crippen LogP) is 3.53. The Balaban J connectivity index is 1.42. The number of fused-ring (bicyclic) bond motifs is 1. The Morgan fingerprint density at radius 3 is 3.09 bits per heavy atom. The number of rotatable bonds is 3. The maximum Gasteiger partial charge on any atom is 0.237 e. The molecule has 2 aliphatic heterocycles. The lowest BCUT2D eigenvalue weighted by Crippen LogP contribution is -2.41. The van der Waals surface area contributed by atoms with Gasteiger partial charge in [-0.25, -0.2) is 0 Å². The molecular formula is C17H20N2OS2. The van der Waals surface area contributed by atoms with Crippen molar-refractivity contribution >= 4 is 28.6 Å². The number of nitrogens with zero attached hydrogens (tertiary/aromatic N) is 2. The molecule has 4 heterocycles. The molecule has 0 unspecified atom stereocenters. The fraction of sp³-hybridized carbons (Fsp3) is 0.471. The van der Waals surface area contributed by atoms with Crippen LogP contribution in [0.1, 0.15) is 34.9 Å². The zero-order valence-electron chi connectivity index (χ0n) is 12.5. The minimum absolute atomic E-state index is 0.298. The van der Waals surface area contributed by atoms with Gasteiger partial charge in [-0.1, -0.05) is 0 Å². The highest BCUT2D eigenvalue weighted by molar-refractivity contribution is 7.10. The molecule has 0 bridgehead atoms. The number of thiophene rings is 2. The van der Waals surface area contributed by atoms with Gasteiger partial charge in [0.2, 0.25) is 5.91 Å². The van der Waals surface area contributed by atoms with Gasteiger partial charge in [0.05, 0.1) is 12.6 Å². The molecule has 0 spiro atoms. The molecule has 0 saturated carbocycles. The van der Waals surface area contributed by atoms with E-state index in [1.54, 1.807) is 11.3 Å². The minimum Gasteiger partial charge on any atom is -0.335 e. The molecule has 0 aromatic carbocycles. The molecule has 0 aliphatic carbocycles. The lowest BCUT2D eigenvalue weighted by molar-refractivity contribution is -0.133. The largest absolute Gasteiger partial charge is 0.335 e. The van der Waals surface area contributed by atoms with Crippen LogP contribution in [-0.2, 0) is 17.8 Å². The van der Waals surface area contributed by atoms with Crippen molar-refractivity contribution in [2.24, 2.45) is 0 Å². The maximum absolute atomic E-state index is 12.8. The smallest absolute Gasteiger partial charge is 0.237 e. The summed E-state index contributed by atoms with van der Waals surface area (Å²) >= 11 is 3.57. The van der Waals surface area contributed by atoms with Gasteiger partial charge in [0.15, 0.2) is 0 Å². The Morgan fingerprint density at radius 1 is 1.27 bits per heavy atom. The molecule has 1 atom stereocenters. The van der Waals surface area contributed by atoms with Crippen LogP contribution in [0.15, 0.2) is 28.3 Å². The van der Waals surface area contributed by atoms with Crippen molar-refractivity contribution in [3.8, 4) is 0 Å². The number of hydrogen-bond acceptors (Lipinski definition) is 4. The van der Waals surface area contributed by atoms with Gasteiger partial charge in [-0.2, -0.15) is 11.3 Å². The molecule has 0 radical (unpaired) electrons. The van der Waals surface area contributed by atoms with E-state index in [-0.39, 0.29) is 0 Å². The van der Waals surface area contributed by atoms with Gasteiger partial charge >= 0.3 is 0 Å². The second-order valence-electron chi connectivity index (χ2n) is 6.13. The van der Waals surface area contributed by atoms with Crippen molar-refractivity contribution in [3.63, 3.8) is 0 Å². The van der Waals surface area contributed by atoms with E-state index in [0.717, 1.165) is 38.9 Å². The third-order valence-corrected chi connectivity index (χ3v) is 6.47. The number of likely N-dealkylation sites (tertiary alicyclic amines) is 1. The molecule has 1 saturated heterocycles. The van der Waals surface area contributed by atoms with E-state index in [1.165, 1.54) is 16.0 Å². The highest BCUT2D eigenvalue weighted by atomic mass is 32.1. The van der Waals surface area contributed by atoms with Crippen LogP contribution < -0.4 is 0 Å². The van der Waals surface area contributed by atoms with E-state index >= 15 is 0 Å². The SMILES string of the molecule is O=C(CN1CCc2sccc2C1)N1CCC[C@@H]1c1ccsc1. The lowest BCUT2D eigenvalue weighted by atomic mass is 10.1. The van der Waals surface area contributed by atoms with Crippen molar-refractivity contribution in [1.29, 1.82) is 0 Å². The summed E-state index contributed by atoms with van der Waals surface area (Å²) in [6.45, 7) is 3.42. The predicted molar refractivity (Wildman–Crippen MR) is 91.3 cm³/mol. The Bertz CT molecular complexity index is 649. The van der Waals surface area contributed by atoms with Gasteiger partial charge < -0.3 is 4.90 Å². The monoisotopic (exact) mass is 332 g/mol. The van der Waals surface area contributed by atoms with Crippen LogP contribution in [0.4, 0.5) is 0 Å². The van der Waals surface area contributed by atoms with Crippen LogP contribution in [-0.4, -0.2) is 35.3 Å². The van der Waals surface area contributed by atoms with Crippen molar-refractivity contribution in [2.45, 2.75) is 31.8 Å². The highest BCUT2D eigenvalue weighted by Crippen LogP contribution is 2.33. The Kier molecular flexibility index (Phi) is 4.03. The highest BCUT2D eigenvalue weighted by Gasteiger charge is 2.31. The zero-order valence-corrected chi connectivity index (χ0v) is 14.2.